The Bertz CT molecular complexity index is 253. The molecule has 0 saturated carbocycles. The first-order valence-electron chi connectivity index (χ1n) is 4.83. The van der Waals surface area contributed by atoms with E-state index in [1.54, 1.807) is 9.80 Å². The van der Waals surface area contributed by atoms with Gasteiger partial charge in [-0.2, -0.15) is 0 Å². The Morgan fingerprint density at radius 3 is 1.64 bits per heavy atom. The maximum absolute atomic E-state index is 11.4. The second-order valence-corrected chi connectivity index (χ2v) is 3.36. The molecule has 2 atom stereocenters. The minimum absolute atomic E-state index is 0.110. The number of nitrogens with one attached hydrogen (secondary N) is 2. The van der Waals surface area contributed by atoms with E-state index in [4.69, 9.17) is 0 Å². The standard InChI is InChI=1S/C8H14N4O2/c1-3-11-5-6(10-7(11)13)12(4-2)8(14)9-5/h5-6H,3-4H2,1-2H3,(H,9,14)(H,10,13)/t5-,6+. The summed E-state index contributed by atoms with van der Waals surface area (Å²) < 4.78 is 0. The highest BCUT2D eigenvalue weighted by Gasteiger charge is 2.48. The van der Waals surface area contributed by atoms with Crippen molar-refractivity contribution in [1.82, 2.24) is 20.4 Å². The molecular formula is C8H14N4O2. The van der Waals surface area contributed by atoms with Crippen molar-refractivity contribution in [2.45, 2.75) is 26.2 Å². The molecule has 0 spiro atoms. The van der Waals surface area contributed by atoms with Crippen molar-refractivity contribution < 1.29 is 9.59 Å². The van der Waals surface area contributed by atoms with Gasteiger partial charge in [0.25, 0.3) is 0 Å². The third-order valence-electron chi connectivity index (χ3n) is 2.72. The van der Waals surface area contributed by atoms with Crippen LogP contribution in [0.4, 0.5) is 9.59 Å². The van der Waals surface area contributed by atoms with E-state index in [0.717, 1.165) is 0 Å². The zero-order valence-corrected chi connectivity index (χ0v) is 8.28. The Labute approximate surface area is 82.2 Å². The number of nitrogens with zero attached hydrogens (tertiary/aromatic N) is 2. The van der Waals surface area contributed by atoms with Crippen LogP contribution in [0.5, 0.6) is 0 Å². The highest BCUT2D eigenvalue weighted by Crippen LogP contribution is 2.20. The predicted octanol–water partition coefficient (Wildman–Crippen LogP) is -0.271. The number of hydrogen-bond acceptors (Lipinski definition) is 2. The van der Waals surface area contributed by atoms with Gasteiger partial charge in [0, 0.05) is 13.1 Å². The average Bonchev–Trinajstić information content (AvgIpc) is 2.58. The Kier molecular flexibility index (Phi) is 1.98. The summed E-state index contributed by atoms with van der Waals surface area (Å²) in [5, 5.41) is 5.56. The van der Waals surface area contributed by atoms with Crippen molar-refractivity contribution in [2.75, 3.05) is 13.1 Å². The maximum Gasteiger partial charge on any atom is 0.320 e. The van der Waals surface area contributed by atoms with E-state index >= 15 is 0 Å². The highest BCUT2D eigenvalue weighted by molar-refractivity contribution is 5.84. The molecule has 2 aliphatic rings. The molecule has 78 valence electrons. The van der Waals surface area contributed by atoms with E-state index in [1.165, 1.54) is 0 Å². The van der Waals surface area contributed by atoms with Gasteiger partial charge in [-0.25, -0.2) is 9.59 Å². The molecule has 0 aliphatic carbocycles. The van der Waals surface area contributed by atoms with Crippen molar-refractivity contribution in [3.63, 3.8) is 0 Å². The van der Waals surface area contributed by atoms with Gasteiger partial charge in [0.2, 0.25) is 0 Å². The molecular weight excluding hydrogens is 184 g/mol. The van der Waals surface area contributed by atoms with Crippen molar-refractivity contribution in [2.24, 2.45) is 0 Å². The molecule has 0 radical (unpaired) electrons. The number of amides is 4. The van der Waals surface area contributed by atoms with E-state index in [0.29, 0.717) is 13.1 Å². The molecule has 0 aromatic carbocycles. The second-order valence-electron chi connectivity index (χ2n) is 3.36. The molecule has 2 saturated heterocycles. The second kappa shape index (κ2) is 3.04. The number of carbonyl (C=O) groups excluding carboxylic acids is 2. The molecule has 2 rings (SSSR count). The molecule has 2 heterocycles. The summed E-state index contributed by atoms with van der Waals surface area (Å²) in [5.41, 5.74) is 0. The van der Waals surface area contributed by atoms with Crippen LogP contribution in [0.25, 0.3) is 0 Å². The molecule has 4 amide bonds. The van der Waals surface area contributed by atoms with E-state index in [-0.39, 0.29) is 24.4 Å². The van der Waals surface area contributed by atoms with Gasteiger partial charge in [0.1, 0.15) is 12.3 Å². The topological polar surface area (TPSA) is 64.7 Å². The van der Waals surface area contributed by atoms with Crippen molar-refractivity contribution in [1.29, 1.82) is 0 Å². The number of hydrogen-bond donors (Lipinski definition) is 2. The van der Waals surface area contributed by atoms with E-state index in [1.807, 2.05) is 13.8 Å². The molecule has 0 bridgehead atoms. The quantitative estimate of drug-likeness (QED) is 0.641. The molecule has 6 nitrogen and oxygen atoms in total. The van der Waals surface area contributed by atoms with Crippen molar-refractivity contribution in [3.8, 4) is 0 Å². The number of urea groups is 2. The Balaban J connectivity index is 2.20. The molecule has 14 heavy (non-hydrogen) atoms. The number of fused-ring (bicyclic) bond motifs is 1. The lowest BCUT2D eigenvalue weighted by molar-refractivity contribution is 0.198. The van der Waals surface area contributed by atoms with Gasteiger partial charge in [-0.3, -0.25) is 0 Å². The van der Waals surface area contributed by atoms with Gasteiger partial charge in [0.15, 0.2) is 0 Å². The van der Waals surface area contributed by atoms with Crippen LogP contribution in [0.1, 0.15) is 13.8 Å². The lowest BCUT2D eigenvalue weighted by Crippen LogP contribution is -2.43. The van der Waals surface area contributed by atoms with E-state index in [9.17, 15) is 9.59 Å². The lowest BCUT2D eigenvalue weighted by atomic mass is 10.4. The van der Waals surface area contributed by atoms with E-state index in [2.05, 4.69) is 10.6 Å². The summed E-state index contributed by atoms with van der Waals surface area (Å²) in [6.07, 6.45) is -0.417. The van der Waals surface area contributed by atoms with Crippen LogP contribution in [0, 0.1) is 0 Å². The zero-order valence-electron chi connectivity index (χ0n) is 8.28. The van der Waals surface area contributed by atoms with Gasteiger partial charge in [-0.05, 0) is 13.8 Å². The average molecular weight is 198 g/mol. The molecule has 2 aliphatic heterocycles. The first-order valence-corrected chi connectivity index (χ1v) is 4.83. The van der Waals surface area contributed by atoms with Crippen molar-refractivity contribution in [3.05, 3.63) is 0 Å². The first kappa shape index (κ1) is 9.11. The van der Waals surface area contributed by atoms with Crippen LogP contribution in [0.15, 0.2) is 0 Å². The fraction of sp³-hybridized carbons (Fsp3) is 0.750. The normalized spacial score (nSPS) is 30.4. The molecule has 0 unspecified atom stereocenters. The Morgan fingerprint density at radius 2 is 1.36 bits per heavy atom. The zero-order chi connectivity index (χ0) is 10.3. The number of rotatable bonds is 2. The van der Waals surface area contributed by atoms with Crippen LogP contribution in [0.3, 0.4) is 0 Å². The van der Waals surface area contributed by atoms with Crippen LogP contribution in [-0.4, -0.2) is 47.3 Å². The molecule has 6 heteroatoms. The summed E-state index contributed by atoms with van der Waals surface area (Å²) in [6.45, 7) is 4.99. The summed E-state index contributed by atoms with van der Waals surface area (Å²) in [4.78, 5) is 26.1. The summed E-state index contributed by atoms with van der Waals surface area (Å²) in [5.74, 6) is 0. The maximum atomic E-state index is 11.4. The monoisotopic (exact) mass is 198 g/mol. The van der Waals surface area contributed by atoms with Gasteiger partial charge in [-0.1, -0.05) is 0 Å². The summed E-state index contributed by atoms with van der Waals surface area (Å²) >= 11 is 0. The SMILES string of the molecule is CCN1C(=O)N[C@H]2[C@H]1NC(=O)N2CC. The molecule has 2 fully saturated rings. The van der Waals surface area contributed by atoms with E-state index < -0.39 is 0 Å². The molecule has 0 aromatic rings. The Hall–Kier alpha value is -1.46. The van der Waals surface area contributed by atoms with Gasteiger partial charge >= 0.3 is 12.1 Å². The molecule has 2 N–H and O–H groups in total. The molecule has 0 aromatic heterocycles. The largest absolute Gasteiger partial charge is 0.320 e. The van der Waals surface area contributed by atoms with Gasteiger partial charge < -0.3 is 20.4 Å². The smallest absolute Gasteiger partial charge is 0.314 e. The predicted molar refractivity (Wildman–Crippen MR) is 49.4 cm³/mol. The van der Waals surface area contributed by atoms with Crippen LogP contribution in [-0.2, 0) is 0 Å². The summed E-state index contributed by atoms with van der Waals surface area (Å²) in [6, 6.07) is -0.220. The fourth-order valence-corrected chi connectivity index (χ4v) is 2.01. The Morgan fingerprint density at radius 1 is 1.00 bits per heavy atom. The third kappa shape index (κ3) is 1.03. The highest BCUT2D eigenvalue weighted by atomic mass is 16.2. The van der Waals surface area contributed by atoms with Crippen molar-refractivity contribution >= 4 is 12.1 Å². The minimum Gasteiger partial charge on any atom is -0.314 e. The minimum atomic E-state index is -0.208. The fourth-order valence-electron chi connectivity index (χ4n) is 2.01. The van der Waals surface area contributed by atoms with Crippen LogP contribution in [0.2, 0.25) is 0 Å². The number of carbonyl (C=O) groups is 2. The summed E-state index contributed by atoms with van der Waals surface area (Å²) in [7, 11) is 0. The van der Waals surface area contributed by atoms with Gasteiger partial charge in [-0.15, -0.1) is 0 Å². The van der Waals surface area contributed by atoms with Gasteiger partial charge in [0.05, 0.1) is 0 Å². The third-order valence-corrected chi connectivity index (χ3v) is 2.72. The van der Waals surface area contributed by atoms with Crippen LogP contribution >= 0.6 is 0 Å². The van der Waals surface area contributed by atoms with Crippen LogP contribution < -0.4 is 10.6 Å². The first-order chi connectivity index (χ1) is 6.69. The lowest BCUT2D eigenvalue weighted by Gasteiger charge is -2.19. The number of likely N-dealkylation sites (N-methyl/N-ethyl adjacent to an activating group) is 2.